The second kappa shape index (κ2) is 5.29. The van der Waals surface area contributed by atoms with Gasteiger partial charge in [0, 0.05) is 22.6 Å². The van der Waals surface area contributed by atoms with Crippen LogP contribution in [0.3, 0.4) is 0 Å². The molecule has 1 aliphatic rings. The summed E-state index contributed by atoms with van der Waals surface area (Å²) in [6, 6.07) is 9.56. The van der Waals surface area contributed by atoms with Crippen LogP contribution in [0.5, 0.6) is 0 Å². The molecule has 1 aliphatic heterocycles. The Balaban J connectivity index is 1.97. The highest BCUT2D eigenvalue weighted by Gasteiger charge is 2.27. The second-order valence-electron chi connectivity index (χ2n) is 4.20. The Morgan fingerprint density at radius 2 is 2.00 bits per heavy atom. The van der Waals surface area contributed by atoms with Gasteiger partial charge in [-0.1, -0.05) is 11.2 Å². The van der Waals surface area contributed by atoms with Gasteiger partial charge in [-0.25, -0.2) is 4.79 Å². The van der Waals surface area contributed by atoms with Crippen molar-refractivity contribution in [3.8, 4) is 0 Å². The van der Waals surface area contributed by atoms with Gasteiger partial charge < -0.3 is 4.84 Å². The van der Waals surface area contributed by atoms with Crippen LogP contribution in [-0.4, -0.2) is 16.6 Å². The van der Waals surface area contributed by atoms with E-state index in [1.165, 1.54) is 23.5 Å². The van der Waals surface area contributed by atoms with Crippen molar-refractivity contribution >= 4 is 34.8 Å². The predicted octanol–water partition coefficient (Wildman–Crippen LogP) is 3.00. The van der Waals surface area contributed by atoms with Gasteiger partial charge >= 0.3 is 5.97 Å². The number of rotatable bonds is 3. The number of oxime groups is 1. The molecule has 0 bridgehead atoms. The van der Waals surface area contributed by atoms with Gasteiger partial charge in [0.2, 0.25) is 0 Å². The summed E-state index contributed by atoms with van der Waals surface area (Å²) in [6.45, 7) is 0. The summed E-state index contributed by atoms with van der Waals surface area (Å²) in [7, 11) is 0. The summed E-state index contributed by atoms with van der Waals surface area (Å²) in [5, 5.41) is 16.3. The van der Waals surface area contributed by atoms with Crippen molar-refractivity contribution in [2.75, 3.05) is 0 Å². The summed E-state index contributed by atoms with van der Waals surface area (Å²) in [5.74, 6) is -0.531. The molecule has 0 radical (unpaired) electrons. The maximum atomic E-state index is 11.8. The first-order valence-corrected chi connectivity index (χ1v) is 6.83. The van der Waals surface area contributed by atoms with Crippen LogP contribution in [0.4, 0.5) is 5.69 Å². The van der Waals surface area contributed by atoms with Crippen LogP contribution in [0, 0.1) is 10.1 Å². The van der Waals surface area contributed by atoms with Crippen LogP contribution in [0.2, 0.25) is 0 Å². The van der Waals surface area contributed by atoms with Crippen LogP contribution < -0.4 is 0 Å². The Hall–Kier alpha value is -2.80. The number of hydrogen-bond donors (Lipinski definition) is 0. The van der Waals surface area contributed by atoms with E-state index in [4.69, 9.17) is 4.84 Å². The molecule has 0 aliphatic carbocycles. The first-order valence-electron chi connectivity index (χ1n) is 5.95. The number of nitro groups is 1. The Morgan fingerprint density at radius 1 is 1.24 bits per heavy atom. The Bertz CT molecular complexity index is 761. The lowest BCUT2D eigenvalue weighted by Crippen LogP contribution is -2.06. The van der Waals surface area contributed by atoms with E-state index in [1.54, 1.807) is 18.2 Å². The lowest BCUT2D eigenvalue weighted by Gasteiger charge is -1.99. The maximum Gasteiger partial charge on any atom is 0.368 e. The molecule has 0 saturated carbocycles. The van der Waals surface area contributed by atoms with Crippen LogP contribution in [0.25, 0.3) is 6.08 Å². The fourth-order valence-electron chi connectivity index (χ4n) is 1.87. The van der Waals surface area contributed by atoms with Gasteiger partial charge in [0.15, 0.2) is 0 Å². The summed E-state index contributed by atoms with van der Waals surface area (Å²) < 4.78 is 0. The molecule has 1 aromatic heterocycles. The average molecular weight is 300 g/mol. The van der Waals surface area contributed by atoms with E-state index in [1.807, 2.05) is 17.5 Å². The SMILES string of the molecule is O=C1ON=C(c2ccc([N+](=O)[O-])cc2)/C1=C/c1cccs1. The maximum absolute atomic E-state index is 11.8. The summed E-state index contributed by atoms with van der Waals surface area (Å²) >= 11 is 1.49. The lowest BCUT2D eigenvalue weighted by atomic mass is 10.0. The van der Waals surface area contributed by atoms with Gasteiger partial charge in [0.1, 0.15) is 5.71 Å². The zero-order valence-electron chi connectivity index (χ0n) is 10.6. The number of carbonyl (C=O) groups is 1. The smallest absolute Gasteiger partial charge is 0.312 e. The van der Waals surface area contributed by atoms with Crippen molar-refractivity contribution in [2.45, 2.75) is 0 Å². The number of benzene rings is 1. The average Bonchev–Trinajstić information content (AvgIpc) is 3.11. The topological polar surface area (TPSA) is 81.8 Å². The molecule has 104 valence electrons. The molecule has 0 spiro atoms. The van der Waals surface area contributed by atoms with E-state index in [-0.39, 0.29) is 5.69 Å². The number of non-ortho nitro benzene ring substituents is 1. The summed E-state index contributed by atoms with van der Waals surface area (Å²) in [4.78, 5) is 27.5. The molecule has 0 fully saturated rings. The molecule has 0 saturated heterocycles. The number of carbonyl (C=O) groups excluding carboxylic acids is 1. The van der Waals surface area contributed by atoms with Crippen molar-refractivity contribution in [2.24, 2.45) is 5.16 Å². The minimum Gasteiger partial charge on any atom is -0.312 e. The van der Waals surface area contributed by atoms with E-state index in [9.17, 15) is 14.9 Å². The van der Waals surface area contributed by atoms with Crippen LogP contribution >= 0.6 is 11.3 Å². The second-order valence-corrected chi connectivity index (χ2v) is 5.18. The molecular formula is C14H8N2O4S. The molecule has 1 aromatic carbocycles. The van der Waals surface area contributed by atoms with E-state index in [2.05, 4.69) is 5.16 Å². The first kappa shape index (κ1) is 13.2. The number of thiophene rings is 1. The van der Waals surface area contributed by atoms with Crippen molar-refractivity contribution in [3.63, 3.8) is 0 Å². The normalized spacial score (nSPS) is 15.9. The van der Waals surface area contributed by atoms with Gasteiger partial charge in [-0.05, 0) is 29.7 Å². The predicted molar refractivity (Wildman–Crippen MR) is 78.0 cm³/mol. The van der Waals surface area contributed by atoms with Crippen molar-refractivity contribution in [1.29, 1.82) is 0 Å². The molecule has 3 rings (SSSR count). The summed E-state index contributed by atoms with van der Waals surface area (Å²) in [5.41, 5.74) is 1.29. The monoisotopic (exact) mass is 300 g/mol. The minimum absolute atomic E-state index is 0.0200. The highest BCUT2D eigenvalue weighted by atomic mass is 32.1. The van der Waals surface area contributed by atoms with Crippen molar-refractivity contribution in [3.05, 3.63) is 67.9 Å². The Labute approximate surface area is 123 Å². The number of nitro benzene ring substituents is 1. The van der Waals surface area contributed by atoms with Crippen molar-refractivity contribution in [1.82, 2.24) is 0 Å². The highest BCUT2D eigenvalue weighted by molar-refractivity contribution is 7.10. The molecule has 21 heavy (non-hydrogen) atoms. The van der Waals surface area contributed by atoms with Gasteiger partial charge in [0.05, 0.1) is 10.5 Å². The zero-order chi connectivity index (χ0) is 14.8. The molecule has 2 heterocycles. The van der Waals surface area contributed by atoms with Crippen LogP contribution in [0.15, 0.2) is 52.5 Å². The molecule has 2 aromatic rings. The molecule has 0 amide bonds. The van der Waals surface area contributed by atoms with Crippen molar-refractivity contribution < 1.29 is 14.6 Å². The molecule has 7 heteroatoms. The standard InChI is InChI=1S/C14H8N2O4S/c17-14-12(8-11-2-1-7-21-11)13(15-20-14)9-3-5-10(6-4-9)16(18)19/h1-8H/b12-8-. The van der Waals surface area contributed by atoms with Gasteiger partial charge in [-0.3, -0.25) is 10.1 Å². The Kier molecular flexibility index (Phi) is 3.33. The fraction of sp³-hybridized carbons (Fsp3) is 0. The quantitative estimate of drug-likeness (QED) is 0.377. The molecule has 6 nitrogen and oxygen atoms in total. The number of nitrogens with zero attached hydrogens (tertiary/aromatic N) is 2. The highest BCUT2D eigenvalue weighted by Crippen LogP contribution is 2.23. The van der Waals surface area contributed by atoms with Crippen LogP contribution in [-0.2, 0) is 9.63 Å². The van der Waals surface area contributed by atoms with Crippen LogP contribution in [0.1, 0.15) is 10.4 Å². The summed E-state index contributed by atoms with van der Waals surface area (Å²) in [6.07, 6.45) is 1.69. The lowest BCUT2D eigenvalue weighted by molar-refractivity contribution is -0.384. The first-order chi connectivity index (χ1) is 10.1. The minimum atomic E-state index is -0.531. The third-order valence-corrected chi connectivity index (χ3v) is 3.70. The van der Waals surface area contributed by atoms with E-state index >= 15 is 0 Å². The fourth-order valence-corrected chi connectivity index (χ4v) is 2.53. The Morgan fingerprint density at radius 3 is 2.62 bits per heavy atom. The molecule has 0 unspecified atom stereocenters. The van der Waals surface area contributed by atoms with E-state index in [0.29, 0.717) is 16.8 Å². The molecule has 0 N–H and O–H groups in total. The van der Waals surface area contributed by atoms with Gasteiger partial charge in [-0.15, -0.1) is 11.3 Å². The van der Waals surface area contributed by atoms with E-state index < -0.39 is 10.9 Å². The third-order valence-electron chi connectivity index (χ3n) is 2.88. The van der Waals surface area contributed by atoms with Gasteiger partial charge in [-0.2, -0.15) is 0 Å². The molecule has 0 atom stereocenters. The third kappa shape index (κ3) is 2.59. The van der Waals surface area contributed by atoms with Gasteiger partial charge in [0.25, 0.3) is 5.69 Å². The number of hydrogen-bond acceptors (Lipinski definition) is 6. The zero-order valence-corrected chi connectivity index (χ0v) is 11.4. The largest absolute Gasteiger partial charge is 0.368 e. The van der Waals surface area contributed by atoms with E-state index in [0.717, 1.165) is 4.88 Å². The molecular weight excluding hydrogens is 292 g/mol.